The lowest BCUT2D eigenvalue weighted by Crippen LogP contribution is -2.35. The van der Waals surface area contributed by atoms with Crippen molar-refractivity contribution in [2.24, 2.45) is 5.41 Å². The molecule has 5 heteroatoms. The van der Waals surface area contributed by atoms with Crippen LogP contribution in [0, 0.1) is 5.41 Å². The van der Waals surface area contributed by atoms with Crippen molar-refractivity contribution in [3.63, 3.8) is 0 Å². The molecule has 2 heterocycles. The van der Waals surface area contributed by atoms with Gasteiger partial charge in [0.25, 0.3) is 0 Å². The number of imide groups is 1. The Labute approximate surface area is 93.9 Å². The van der Waals surface area contributed by atoms with Gasteiger partial charge in [-0.2, -0.15) is 0 Å². The molecule has 1 aliphatic heterocycles. The third-order valence-electron chi connectivity index (χ3n) is 3.44. The van der Waals surface area contributed by atoms with Crippen molar-refractivity contribution in [2.75, 3.05) is 4.90 Å². The van der Waals surface area contributed by atoms with Crippen molar-refractivity contribution in [2.45, 2.75) is 33.1 Å². The summed E-state index contributed by atoms with van der Waals surface area (Å²) in [6.07, 6.45) is 4.80. The van der Waals surface area contributed by atoms with Crippen LogP contribution in [-0.4, -0.2) is 21.8 Å². The lowest BCUT2D eigenvalue weighted by Gasteiger charge is -2.22. The molecule has 0 saturated carbocycles. The van der Waals surface area contributed by atoms with Crippen LogP contribution in [0.1, 0.15) is 33.1 Å². The van der Waals surface area contributed by atoms with Crippen molar-refractivity contribution >= 4 is 17.8 Å². The van der Waals surface area contributed by atoms with Gasteiger partial charge in [-0.15, -0.1) is 0 Å². The largest absolute Gasteiger partial charge is 0.330 e. The number of aromatic amines is 1. The molecule has 0 atom stereocenters. The zero-order chi connectivity index (χ0) is 11.8. The van der Waals surface area contributed by atoms with Crippen LogP contribution in [0.2, 0.25) is 0 Å². The van der Waals surface area contributed by atoms with Crippen LogP contribution < -0.4 is 4.90 Å². The molecule has 0 spiro atoms. The van der Waals surface area contributed by atoms with E-state index in [-0.39, 0.29) is 11.8 Å². The standard InChI is InChI=1S/C11H15N3O2/c1-3-11(4-2)7-8(15)14(9(11)16)10-12-5-6-13-10/h5-6H,3-4,7H2,1-2H3,(H,12,13). The number of carbonyl (C=O) groups is 2. The molecule has 2 rings (SSSR count). The van der Waals surface area contributed by atoms with E-state index >= 15 is 0 Å². The van der Waals surface area contributed by atoms with E-state index in [2.05, 4.69) is 9.97 Å². The molecule has 1 aliphatic rings. The third-order valence-corrected chi connectivity index (χ3v) is 3.44. The second-order valence-electron chi connectivity index (χ2n) is 4.11. The average molecular weight is 221 g/mol. The lowest BCUT2D eigenvalue weighted by atomic mass is 9.81. The van der Waals surface area contributed by atoms with Gasteiger partial charge in [0.15, 0.2) is 0 Å². The molecule has 0 unspecified atom stereocenters. The van der Waals surface area contributed by atoms with Gasteiger partial charge >= 0.3 is 0 Å². The molecule has 0 aliphatic carbocycles. The van der Waals surface area contributed by atoms with E-state index in [1.54, 1.807) is 6.20 Å². The number of hydrogen-bond acceptors (Lipinski definition) is 3. The monoisotopic (exact) mass is 221 g/mol. The molecule has 1 fully saturated rings. The number of nitrogens with zero attached hydrogens (tertiary/aromatic N) is 2. The summed E-state index contributed by atoms with van der Waals surface area (Å²) in [5.41, 5.74) is -0.524. The molecule has 0 aromatic carbocycles. The molecule has 1 N–H and O–H groups in total. The topological polar surface area (TPSA) is 66.1 Å². The fraction of sp³-hybridized carbons (Fsp3) is 0.545. The molecular weight excluding hydrogens is 206 g/mol. The quantitative estimate of drug-likeness (QED) is 0.786. The van der Waals surface area contributed by atoms with E-state index in [0.29, 0.717) is 25.2 Å². The Hall–Kier alpha value is -1.65. The predicted molar refractivity (Wildman–Crippen MR) is 58.7 cm³/mol. The fourth-order valence-electron chi connectivity index (χ4n) is 2.19. The van der Waals surface area contributed by atoms with E-state index in [1.165, 1.54) is 11.1 Å². The van der Waals surface area contributed by atoms with Crippen LogP contribution in [0.5, 0.6) is 0 Å². The minimum atomic E-state index is -0.524. The highest BCUT2D eigenvalue weighted by Crippen LogP contribution is 2.40. The van der Waals surface area contributed by atoms with E-state index in [4.69, 9.17) is 0 Å². The highest BCUT2D eigenvalue weighted by atomic mass is 16.2. The lowest BCUT2D eigenvalue weighted by molar-refractivity contribution is -0.126. The van der Waals surface area contributed by atoms with Gasteiger partial charge in [0.05, 0.1) is 5.41 Å². The Morgan fingerprint density at radius 1 is 1.44 bits per heavy atom. The zero-order valence-electron chi connectivity index (χ0n) is 9.49. The van der Waals surface area contributed by atoms with E-state index in [0.717, 1.165) is 0 Å². The molecule has 1 aromatic heterocycles. The summed E-state index contributed by atoms with van der Waals surface area (Å²) >= 11 is 0. The zero-order valence-corrected chi connectivity index (χ0v) is 9.49. The summed E-state index contributed by atoms with van der Waals surface area (Å²) < 4.78 is 0. The molecule has 2 amide bonds. The van der Waals surface area contributed by atoms with Crippen molar-refractivity contribution in [3.8, 4) is 0 Å². The van der Waals surface area contributed by atoms with Crippen molar-refractivity contribution < 1.29 is 9.59 Å². The third kappa shape index (κ3) is 1.35. The van der Waals surface area contributed by atoms with Gasteiger partial charge in [0, 0.05) is 18.8 Å². The van der Waals surface area contributed by atoms with Gasteiger partial charge < -0.3 is 4.98 Å². The Morgan fingerprint density at radius 2 is 2.12 bits per heavy atom. The number of anilines is 1. The van der Waals surface area contributed by atoms with E-state index in [9.17, 15) is 9.59 Å². The van der Waals surface area contributed by atoms with Gasteiger partial charge in [-0.3, -0.25) is 9.59 Å². The summed E-state index contributed by atoms with van der Waals surface area (Å²) in [5, 5.41) is 0. The van der Waals surface area contributed by atoms with Crippen molar-refractivity contribution in [3.05, 3.63) is 12.4 Å². The minimum absolute atomic E-state index is 0.127. The molecule has 5 nitrogen and oxygen atoms in total. The number of aromatic nitrogens is 2. The van der Waals surface area contributed by atoms with Gasteiger partial charge in [0.2, 0.25) is 17.8 Å². The van der Waals surface area contributed by atoms with Crippen molar-refractivity contribution in [1.82, 2.24) is 9.97 Å². The molecular formula is C11H15N3O2. The van der Waals surface area contributed by atoms with E-state index in [1.807, 2.05) is 13.8 Å². The first-order valence-electron chi connectivity index (χ1n) is 5.51. The molecule has 86 valence electrons. The van der Waals surface area contributed by atoms with Crippen molar-refractivity contribution in [1.29, 1.82) is 0 Å². The number of H-pyrrole nitrogens is 1. The Balaban J connectivity index is 2.37. The molecule has 1 saturated heterocycles. The Kier molecular flexibility index (Phi) is 2.53. The minimum Gasteiger partial charge on any atom is -0.330 e. The average Bonchev–Trinajstić information content (AvgIpc) is 2.86. The second-order valence-corrected chi connectivity index (χ2v) is 4.11. The number of carbonyl (C=O) groups excluding carboxylic acids is 2. The normalized spacial score (nSPS) is 19.5. The highest BCUT2D eigenvalue weighted by Gasteiger charge is 2.50. The Morgan fingerprint density at radius 3 is 2.56 bits per heavy atom. The van der Waals surface area contributed by atoms with Crippen LogP contribution in [0.3, 0.4) is 0 Å². The first kappa shape index (κ1) is 10.9. The molecule has 0 radical (unpaired) electrons. The SMILES string of the molecule is CCC1(CC)CC(=O)N(c2ncc[nH]2)C1=O. The maximum atomic E-state index is 12.2. The first-order chi connectivity index (χ1) is 7.64. The maximum Gasteiger partial charge on any atom is 0.242 e. The van der Waals surface area contributed by atoms with Crippen LogP contribution in [0.25, 0.3) is 0 Å². The number of imidazole rings is 1. The summed E-state index contributed by atoms with van der Waals surface area (Å²) in [7, 11) is 0. The summed E-state index contributed by atoms with van der Waals surface area (Å²) in [4.78, 5) is 32.0. The molecule has 0 bridgehead atoms. The summed E-state index contributed by atoms with van der Waals surface area (Å²) in [5.74, 6) is 0.0416. The summed E-state index contributed by atoms with van der Waals surface area (Å²) in [6.45, 7) is 3.89. The smallest absolute Gasteiger partial charge is 0.242 e. The molecule has 16 heavy (non-hydrogen) atoms. The maximum absolute atomic E-state index is 12.2. The van der Waals surface area contributed by atoms with Crippen LogP contribution in [0.4, 0.5) is 5.95 Å². The number of rotatable bonds is 3. The fourth-order valence-corrected chi connectivity index (χ4v) is 2.19. The van der Waals surface area contributed by atoms with Crippen LogP contribution in [0.15, 0.2) is 12.4 Å². The number of amides is 2. The first-order valence-corrected chi connectivity index (χ1v) is 5.51. The van der Waals surface area contributed by atoms with Crippen LogP contribution in [-0.2, 0) is 9.59 Å². The van der Waals surface area contributed by atoms with E-state index < -0.39 is 5.41 Å². The van der Waals surface area contributed by atoms with Gasteiger partial charge in [0.1, 0.15) is 0 Å². The predicted octanol–water partition coefficient (Wildman–Crippen LogP) is 1.48. The number of hydrogen-bond donors (Lipinski definition) is 1. The highest BCUT2D eigenvalue weighted by molar-refractivity contribution is 6.21. The van der Waals surface area contributed by atoms with Crippen LogP contribution >= 0.6 is 0 Å². The van der Waals surface area contributed by atoms with Gasteiger partial charge in [-0.05, 0) is 12.8 Å². The second kappa shape index (κ2) is 3.73. The van der Waals surface area contributed by atoms with Gasteiger partial charge in [-0.1, -0.05) is 13.8 Å². The number of nitrogens with one attached hydrogen (secondary N) is 1. The summed E-state index contributed by atoms with van der Waals surface area (Å²) in [6, 6.07) is 0. The molecule has 1 aromatic rings. The van der Waals surface area contributed by atoms with Gasteiger partial charge in [-0.25, -0.2) is 9.88 Å². The Bertz CT molecular complexity index is 407.